The number of nitrogens with zero attached hydrogens (tertiary/aromatic N) is 3. The number of nitrogens with two attached hydrogens (primary N) is 1. The maximum absolute atomic E-state index is 13.2. The Morgan fingerprint density at radius 2 is 1.78 bits per heavy atom. The van der Waals surface area contributed by atoms with Gasteiger partial charge in [-0.3, -0.25) is 24.7 Å². The van der Waals surface area contributed by atoms with Gasteiger partial charge in [0.1, 0.15) is 5.36 Å². The van der Waals surface area contributed by atoms with Crippen LogP contribution in [0.25, 0.3) is 11.1 Å². The topological polar surface area (TPSA) is 153 Å². The summed E-state index contributed by atoms with van der Waals surface area (Å²) in [6.45, 7) is 3.79. The van der Waals surface area contributed by atoms with Crippen molar-refractivity contribution in [3.8, 4) is 16.9 Å². The van der Waals surface area contributed by atoms with Gasteiger partial charge < -0.3 is 15.3 Å². The molecule has 182 valence electrons. The predicted molar refractivity (Wildman–Crippen MR) is 130 cm³/mol. The summed E-state index contributed by atoms with van der Waals surface area (Å²) in [6.07, 6.45) is 2.68. The van der Waals surface area contributed by atoms with E-state index < -0.39 is 23.0 Å². The van der Waals surface area contributed by atoms with E-state index in [-0.39, 0.29) is 45.0 Å². The SMILES string of the molecule is CCC(CC)N1C(=O)c2c(N)ccc(NN=c3c([O-])c4cc/c(=N/c5ccco5)cc-4c3=O)c2C1=O. The summed E-state index contributed by atoms with van der Waals surface area (Å²) in [6, 6.07) is 10.7. The number of nitrogen functional groups attached to an aromatic ring is 1. The molecule has 0 saturated carbocycles. The Morgan fingerprint density at radius 1 is 1.03 bits per heavy atom. The highest BCUT2D eigenvalue weighted by Gasteiger charge is 2.42. The Kier molecular flexibility index (Phi) is 5.63. The zero-order chi connectivity index (χ0) is 25.6. The highest BCUT2D eigenvalue weighted by Crippen LogP contribution is 2.35. The van der Waals surface area contributed by atoms with Gasteiger partial charge in [-0.1, -0.05) is 25.7 Å². The van der Waals surface area contributed by atoms with Crippen LogP contribution in [0.1, 0.15) is 47.4 Å². The maximum atomic E-state index is 13.2. The normalized spacial score (nSPS) is 14.5. The molecule has 2 aliphatic carbocycles. The van der Waals surface area contributed by atoms with Crippen LogP contribution in [0, 0.1) is 0 Å². The standard InChI is InChI=1S/C26H23N5O5/c1-3-14(4-2)31-25(34)20-17(27)9-10-18(21(20)26(31)35)29-30-22-23(32)15-8-7-13(12-16(15)24(22)33)28-19-6-5-11-36-19/h5-12,14,29,32H,3-4,27H2,1-2H3/p-1/b28-13-,30-22?. The molecule has 0 fully saturated rings. The van der Waals surface area contributed by atoms with E-state index in [0.29, 0.717) is 24.1 Å². The zero-order valence-corrected chi connectivity index (χ0v) is 19.6. The Labute approximate surface area is 205 Å². The molecule has 0 atom stereocenters. The van der Waals surface area contributed by atoms with E-state index >= 15 is 0 Å². The molecule has 0 spiro atoms. The Morgan fingerprint density at radius 3 is 2.47 bits per heavy atom. The quantitative estimate of drug-likeness (QED) is 0.242. The van der Waals surface area contributed by atoms with Crippen LogP contribution in [0.3, 0.4) is 0 Å². The van der Waals surface area contributed by atoms with Gasteiger partial charge in [-0.2, -0.15) is 5.10 Å². The molecule has 1 aliphatic heterocycles. The first kappa shape index (κ1) is 23.0. The minimum absolute atomic E-state index is 0.0752. The van der Waals surface area contributed by atoms with Crippen LogP contribution < -0.4 is 32.4 Å². The smallest absolute Gasteiger partial charge is 0.264 e. The summed E-state index contributed by atoms with van der Waals surface area (Å²) in [5.74, 6) is -1.15. The first-order chi connectivity index (χ1) is 17.3. The largest absolute Gasteiger partial charge is 0.870 e. The van der Waals surface area contributed by atoms with Gasteiger partial charge in [-0.05, 0) is 48.7 Å². The van der Waals surface area contributed by atoms with Crippen LogP contribution in [0.5, 0.6) is 5.75 Å². The number of carbonyl (C=O) groups is 2. The molecule has 2 aromatic rings. The molecule has 1 aromatic carbocycles. The van der Waals surface area contributed by atoms with Crippen molar-refractivity contribution in [1.82, 2.24) is 4.90 Å². The molecule has 36 heavy (non-hydrogen) atoms. The Hall–Kier alpha value is -4.73. The molecule has 1 aromatic heterocycles. The number of anilines is 2. The van der Waals surface area contributed by atoms with Crippen molar-refractivity contribution in [2.45, 2.75) is 32.7 Å². The predicted octanol–water partition coefficient (Wildman–Crippen LogP) is 2.22. The highest BCUT2D eigenvalue weighted by molar-refractivity contribution is 6.26. The maximum Gasteiger partial charge on any atom is 0.264 e. The summed E-state index contributed by atoms with van der Waals surface area (Å²) < 4.78 is 5.20. The first-order valence-electron chi connectivity index (χ1n) is 11.5. The summed E-state index contributed by atoms with van der Waals surface area (Å²) in [5.41, 5.74) is 9.01. The second-order valence-corrected chi connectivity index (χ2v) is 8.43. The van der Waals surface area contributed by atoms with Crippen LogP contribution in [-0.2, 0) is 0 Å². The number of hydrogen-bond donors (Lipinski definition) is 2. The number of rotatable bonds is 6. The number of imide groups is 1. The van der Waals surface area contributed by atoms with E-state index in [0.717, 1.165) is 0 Å². The van der Waals surface area contributed by atoms with Crippen LogP contribution >= 0.6 is 0 Å². The average molecular weight is 484 g/mol. The molecule has 0 saturated heterocycles. The fourth-order valence-electron chi connectivity index (χ4n) is 4.51. The number of hydrogen-bond acceptors (Lipinski definition) is 9. The molecule has 0 radical (unpaired) electrons. The number of carbonyl (C=O) groups excluding carboxylic acids is 2. The lowest BCUT2D eigenvalue weighted by Gasteiger charge is -2.23. The van der Waals surface area contributed by atoms with Crippen molar-refractivity contribution in [2.75, 3.05) is 11.2 Å². The minimum Gasteiger partial charge on any atom is -0.870 e. The molecule has 0 bridgehead atoms. The van der Waals surface area contributed by atoms with Gasteiger partial charge in [0.05, 0.1) is 28.4 Å². The van der Waals surface area contributed by atoms with Crippen molar-refractivity contribution in [3.63, 3.8) is 0 Å². The molecular weight excluding hydrogens is 462 g/mol. The molecule has 3 N–H and O–H groups in total. The average Bonchev–Trinajstić information content (AvgIpc) is 3.54. The summed E-state index contributed by atoms with van der Waals surface area (Å²) >= 11 is 0. The van der Waals surface area contributed by atoms with Crippen LogP contribution in [0.2, 0.25) is 0 Å². The van der Waals surface area contributed by atoms with Gasteiger partial charge in [0, 0.05) is 23.4 Å². The molecule has 10 heteroatoms. The number of nitrogens with one attached hydrogen (secondary N) is 1. The number of benzene rings is 2. The molecule has 2 heterocycles. The summed E-state index contributed by atoms with van der Waals surface area (Å²) in [5, 5.41) is 17.0. The third-order valence-electron chi connectivity index (χ3n) is 6.37. The minimum atomic E-state index is -0.577. The van der Waals surface area contributed by atoms with Crippen LogP contribution in [-0.4, -0.2) is 22.8 Å². The molecule has 10 nitrogen and oxygen atoms in total. The molecule has 3 aliphatic rings. The molecular formula is C26H22N5O5-. The van der Waals surface area contributed by atoms with E-state index in [4.69, 9.17) is 10.2 Å². The summed E-state index contributed by atoms with van der Waals surface area (Å²) in [4.78, 5) is 44.8. The van der Waals surface area contributed by atoms with Gasteiger partial charge in [0.2, 0.25) is 11.3 Å². The number of amides is 2. The lowest BCUT2D eigenvalue weighted by atomic mass is 10.1. The van der Waals surface area contributed by atoms with Gasteiger partial charge in [0.15, 0.2) is 0 Å². The van der Waals surface area contributed by atoms with Crippen LogP contribution in [0.15, 0.2) is 68.0 Å². The Bertz CT molecular complexity index is 1630. The van der Waals surface area contributed by atoms with Gasteiger partial charge >= 0.3 is 0 Å². The Balaban J connectivity index is 1.57. The lowest BCUT2D eigenvalue weighted by Crippen LogP contribution is -2.39. The van der Waals surface area contributed by atoms with Crippen molar-refractivity contribution in [2.24, 2.45) is 10.1 Å². The highest BCUT2D eigenvalue weighted by atomic mass is 16.3. The fourth-order valence-corrected chi connectivity index (χ4v) is 4.51. The number of fused-ring (bicyclic) bond motifs is 2. The molecule has 0 unspecified atom stereocenters. The van der Waals surface area contributed by atoms with Crippen LogP contribution in [0.4, 0.5) is 17.3 Å². The van der Waals surface area contributed by atoms with Gasteiger partial charge in [-0.25, -0.2) is 4.99 Å². The van der Waals surface area contributed by atoms with E-state index in [9.17, 15) is 19.5 Å². The zero-order valence-electron chi connectivity index (χ0n) is 19.6. The van der Waals surface area contributed by atoms with Crippen molar-refractivity contribution in [1.29, 1.82) is 0 Å². The van der Waals surface area contributed by atoms with Crippen molar-refractivity contribution in [3.05, 3.63) is 80.8 Å². The summed E-state index contributed by atoms with van der Waals surface area (Å²) in [7, 11) is 0. The van der Waals surface area contributed by atoms with E-state index in [1.165, 1.54) is 35.4 Å². The second kappa shape index (κ2) is 8.81. The second-order valence-electron chi connectivity index (χ2n) is 8.43. The third kappa shape index (κ3) is 3.54. The monoisotopic (exact) mass is 484 g/mol. The van der Waals surface area contributed by atoms with E-state index in [1.54, 1.807) is 18.2 Å². The van der Waals surface area contributed by atoms with Crippen molar-refractivity contribution >= 4 is 29.1 Å². The first-order valence-corrected chi connectivity index (χ1v) is 11.5. The third-order valence-corrected chi connectivity index (χ3v) is 6.37. The van der Waals surface area contributed by atoms with Gasteiger partial charge in [0.25, 0.3) is 11.8 Å². The van der Waals surface area contributed by atoms with Crippen molar-refractivity contribution < 1.29 is 19.1 Å². The number of furan rings is 1. The van der Waals surface area contributed by atoms with E-state index in [2.05, 4.69) is 15.5 Å². The van der Waals surface area contributed by atoms with E-state index in [1.807, 2.05) is 13.8 Å². The lowest BCUT2D eigenvalue weighted by molar-refractivity contribution is -0.268. The fraction of sp³-hybridized carbons (Fsp3) is 0.192. The molecule has 5 rings (SSSR count). The molecule has 2 amide bonds. The van der Waals surface area contributed by atoms with Gasteiger partial charge in [-0.15, -0.1) is 0 Å².